The molecule has 3 nitrogen and oxygen atoms in total. The second-order valence-corrected chi connectivity index (χ2v) is 8.48. The van der Waals surface area contributed by atoms with Gasteiger partial charge in [0.1, 0.15) is 6.10 Å². The molecule has 0 heterocycles. The molecule has 0 saturated heterocycles. The summed E-state index contributed by atoms with van der Waals surface area (Å²) in [5.74, 6) is 0.00818. The van der Waals surface area contributed by atoms with E-state index in [2.05, 4.69) is 6.92 Å². The van der Waals surface area contributed by atoms with Crippen LogP contribution in [0.4, 0.5) is 0 Å². The molecule has 0 aliphatic rings. The van der Waals surface area contributed by atoms with Gasteiger partial charge in [0, 0.05) is 6.61 Å². The topological polar surface area (TPSA) is 35.5 Å². The molecule has 0 aromatic heterocycles. The molecule has 0 aliphatic carbocycles. The van der Waals surface area contributed by atoms with Crippen LogP contribution in [-0.2, 0) is 13.6 Å². The monoisotopic (exact) mass is 328 g/mol. The van der Waals surface area contributed by atoms with Crippen molar-refractivity contribution in [1.82, 2.24) is 0 Å². The van der Waals surface area contributed by atoms with Gasteiger partial charge < -0.3 is 8.85 Å². The zero-order chi connectivity index (χ0) is 16.7. The first-order valence-electron chi connectivity index (χ1n) is 8.03. The summed E-state index contributed by atoms with van der Waals surface area (Å²) in [7, 11) is -2.92. The lowest BCUT2D eigenvalue weighted by Crippen LogP contribution is -2.65. The third kappa shape index (κ3) is 4.16. The molecule has 1 unspecified atom stereocenters. The van der Waals surface area contributed by atoms with Gasteiger partial charge in [-0.25, -0.2) is 0 Å². The average molecular weight is 328 g/mol. The molecule has 0 radical (unpaired) electrons. The van der Waals surface area contributed by atoms with E-state index in [1.54, 1.807) is 13.8 Å². The van der Waals surface area contributed by atoms with Gasteiger partial charge in [-0.2, -0.15) is 0 Å². The Balaban J connectivity index is 2.55. The van der Waals surface area contributed by atoms with Crippen molar-refractivity contribution >= 4 is 24.7 Å². The fourth-order valence-corrected chi connectivity index (χ4v) is 5.82. The Hall–Kier alpha value is -1.75. The summed E-state index contributed by atoms with van der Waals surface area (Å²) < 4.78 is 12.7. The summed E-state index contributed by atoms with van der Waals surface area (Å²) in [6.07, 6.45) is 0.394. The molecule has 0 bridgehead atoms. The van der Waals surface area contributed by atoms with Gasteiger partial charge in [0.15, 0.2) is 5.78 Å². The molecule has 2 rings (SSSR count). The first kappa shape index (κ1) is 17.6. The van der Waals surface area contributed by atoms with Crippen molar-refractivity contribution < 1.29 is 13.6 Å². The predicted molar refractivity (Wildman–Crippen MR) is 95.4 cm³/mol. The van der Waals surface area contributed by atoms with E-state index in [0.717, 1.165) is 16.8 Å². The molecule has 0 spiro atoms. The zero-order valence-electron chi connectivity index (χ0n) is 14.0. The van der Waals surface area contributed by atoms with Gasteiger partial charge in [0.25, 0.3) is 0 Å². The van der Waals surface area contributed by atoms with Crippen molar-refractivity contribution in [3.63, 3.8) is 0 Å². The van der Waals surface area contributed by atoms with Gasteiger partial charge in [-0.3, -0.25) is 4.79 Å². The lowest BCUT2D eigenvalue weighted by atomic mass is 10.3. The fourth-order valence-electron chi connectivity index (χ4n) is 2.40. The lowest BCUT2D eigenvalue weighted by Gasteiger charge is -2.33. The van der Waals surface area contributed by atoms with Gasteiger partial charge in [-0.05, 0) is 30.6 Å². The van der Waals surface area contributed by atoms with Gasteiger partial charge in [0.2, 0.25) is 0 Å². The van der Waals surface area contributed by atoms with Crippen molar-refractivity contribution in [2.75, 3.05) is 6.61 Å². The van der Waals surface area contributed by atoms with E-state index in [1.807, 2.05) is 60.7 Å². The van der Waals surface area contributed by atoms with E-state index < -0.39 is 14.7 Å². The fraction of sp³-hybridized carbons (Fsp3) is 0.316. The number of ketones is 1. The maximum absolute atomic E-state index is 11.8. The molecular formula is C19H24O3Si. The summed E-state index contributed by atoms with van der Waals surface area (Å²) in [5.41, 5.74) is 0. The summed E-state index contributed by atoms with van der Waals surface area (Å²) in [6, 6.07) is 20.0. The van der Waals surface area contributed by atoms with Gasteiger partial charge in [-0.15, -0.1) is 0 Å². The highest BCUT2D eigenvalue weighted by Crippen LogP contribution is 2.14. The van der Waals surface area contributed by atoms with Crippen LogP contribution >= 0.6 is 0 Å². The summed E-state index contributed by atoms with van der Waals surface area (Å²) in [4.78, 5) is 11.8. The smallest absolute Gasteiger partial charge is 0.388 e. The summed E-state index contributed by atoms with van der Waals surface area (Å²) in [5, 5.41) is 2.04. The van der Waals surface area contributed by atoms with Crippen molar-refractivity contribution in [2.45, 2.75) is 33.3 Å². The Bertz CT molecular complexity index is 574. The van der Waals surface area contributed by atoms with Gasteiger partial charge >= 0.3 is 8.56 Å². The van der Waals surface area contributed by atoms with E-state index in [0.29, 0.717) is 6.61 Å². The van der Waals surface area contributed by atoms with Crippen LogP contribution in [0.25, 0.3) is 0 Å². The van der Waals surface area contributed by atoms with Crippen molar-refractivity contribution in [3.8, 4) is 0 Å². The number of rotatable bonds is 8. The number of carbonyl (C=O) groups excluding carboxylic acids is 1. The maximum Gasteiger partial charge on any atom is 0.407 e. The first-order chi connectivity index (χ1) is 11.1. The van der Waals surface area contributed by atoms with E-state index in [-0.39, 0.29) is 5.78 Å². The highest BCUT2D eigenvalue weighted by molar-refractivity contribution is 6.92. The molecule has 0 fully saturated rings. The minimum Gasteiger partial charge on any atom is -0.388 e. The minimum absolute atomic E-state index is 0.00818. The molecule has 2 aromatic carbocycles. The normalized spacial score (nSPS) is 12.8. The largest absolute Gasteiger partial charge is 0.407 e. The molecule has 0 aliphatic heterocycles. The minimum atomic E-state index is -2.92. The van der Waals surface area contributed by atoms with Crippen LogP contribution in [-0.4, -0.2) is 27.1 Å². The SMILES string of the molecule is CCCO[Si](OC(C)C(C)=O)(c1ccccc1)c1ccccc1. The molecule has 4 heteroatoms. The third-order valence-corrected chi connectivity index (χ3v) is 7.22. The maximum atomic E-state index is 11.8. The Labute approximate surface area is 139 Å². The number of benzene rings is 2. The van der Waals surface area contributed by atoms with E-state index in [9.17, 15) is 4.79 Å². The molecule has 0 N–H and O–H groups in total. The quantitative estimate of drug-likeness (QED) is 0.699. The molecule has 0 amide bonds. The van der Waals surface area contributed by atoms with E-state index in [1.165, 1.54) is 0 Å². The van der Waals surface area contributed by atoms with Crippen LogP contribution in [0.2, 0.25) is 0 Å². The molecule has 23 heavy (non-hydrogen) atoms. The Morgan fingerprint density at radius 2 is 1.48 bits per heavy atom. The molecular weight excluding hydrogens is 304 g/mol. The number of Topliss-reactive ketones (excluding diaryl/α,β-unsaturated/α-hetero) is 1. The van der Waals surface area contributed by atoms with E-state index >= 15 is 0 Å². The summed E-state index contributed by atoms with van der Waals surface area (Å²) in [6.45, 7) is 6.02. The van der Waals surface area contributed by atoms with Crippen LogP contribution in [0.3, 0.4) is 0 Å². The van der Waals surface area contributed by atoms with Gasteiger partial charge in [0.05, 0.1) is 0 Å². The Kier molecular flexibility index (Phi) is 6.27. The average Bonchev–Trinajstić information content (AvgIpc) is 2.60. The standard InChI is InChI=1S/C19H24O3Si/c1-4-15-21-23(22-17(3)16(2)20,18-11-7-5-8-12-18)19-13-9-6-10-14-19/h5-14,17H,4,15H2,1-3H3. The Morgan fingerprint density at radius 1 is 1.00 bits per heavy atom. The van der Waals surface area contributed by atoms with Gasteiger partial charge in [-0.1, -0.05) is 67.6 Å². The van der Waals surface area contributed by atoms with Crippen LogP contribution < -0.4 is 10.4 Å². The van der Waals surface area contributed by atoms with Crippen LogP contribution in [0.5, 0.6) is 0 Å². The first-order valence-corrected chi connectivity index (χ1v) is 9.85. The van der Waals surface area contributed by atoms with E-state index in [4.69, 9.17) is 8.85 Å². The molecule has 1 atom stereocenters. The second-order valence-electron chi connectivity index (χ2n) is 5.57. The Morgan fingerprint density at radius 3 is 1.87 bits per heavy atom. The lowest BCUT2D eigenvalue weighted by molar-refractivity contribution is -0.123. The van der Waals surface area contributed by atoms with Crippen LogP contribution in [0.1, 0.15) is 27.2 Å². The number of carbonyl (C=O) groups is 1. The third-order valence-electron chi connectivity index (χ3n) is 3.73. The van der Waals surface area contributed by atoms with Crippen molar-refractivity contribution in [2.24, 2.45) is 0 Å². The molecule has 0 saturated carbocycles. The second kappa shape index (κ2) is 8.20. The van der Waals surface area contributed by atoms with Crippen molar-refractivity contribution in [3.05, 3.63) is 60.7 Å². The highest BCUT2D eigenvalue weighted by Gasteiger charge is 2.44. The highest BCUT2D eigenvalue weighted by atomic mass is 28.4. The summed E-state index contributed by atoms with van der Waals surface area (Å²) >= 11 is 0. The number of hydrogen-bond donors (Lipinski definition) is 0. The predicted octanol–water partition coefficient (Wildman–Crippen LogP) is 2.66. The van der Waals surface area contributed by atoms with Crippen molar-refractivity contribution in [1.29, 1.82) is 0 Å². The molecule has 2 aromatic rings. The zero-order valence-corrected chi connectivity index (χ0v) is 15.0. The number of hydrogen-bond acceptors (Lipinski definition) is 3. The molecule has 122 valence electrons. The van der Waals surface area contributed by atoms with Crippen LogP contribution in [0.15, 0.2) is 60.7 Å². The van der Waals surface area contributed by atoms with Crippen LogP contribution in [0, 0.1) is 0 Å².